The van der Waals surface area contributed by atoms with Gasteiger partial charge in [-0.05, 0) is 0 Å². The predicted molar refractivity (Wildman–Crippen MR) is 50.7 cm³/mol. The van der Waals surface area contributed by atoms with E-state index in [4.69, 9.17) is 0 Å². The van der Waals surface area contributed by atoms with Crippen LogP contribution in [-0.2, 0) is 20.6 Å². The van der Waals surface area contributed by atoms with Gasteiger partial charge in [-0.3, -0.25) is 0 Å². The Bertz CT molecular complexity index is 385. The van der Waals surface area contributed by atoms with Gasteiger partial charge in [0.05, 0.1) is 6.10 Å². The first-order valence-electron chi connectivity index (χ1n) is 3.97. The number of hydrogen-bond acceptors (Lipinski definition) is 7. The van der Waals surface area contributed by atoms with Crippen molar-refractivity contribution in [1.82, 2.24) is 8.61 Å². The van der Waals surface area contributed by atoms with Crippen LogP contribution in [0, 0.1) is 0 Å². The molecule has 0 aliphatic rings. The van der Waals surface area contributed by atoms with Gasteiger partial charge in [0.2, 0.25) is 0 Å². The third-order valence-corrected chi connectivity index (χ3v) is 3.52. The summed E-state index contributed by atoms with van der Waals surface area (Å²) in [7, 11) is -7.53. The molecule has 0 aromatic carbocycles. The van der Waals surface area contributed by atoms with Gasteiger partial charge in [0, 0.05) is 27.2 Å². The Kier molecular flexibility index (Phi) is 15.3. The molecular weight excluding hydrogens is 342 g/mol. The molecule has 0 rings (SSSR count). The maximum absolute atomic E-state index is 10.4. The molecule has 0 unspecified atom stereocenters. The fourth-order valence-electron chi connectivity index (χ4n) is 0.834. The molecule has 18 heavy (non-hydrogen) atoms. The van der Waals surface area contributed by atoms with Crippen molar-refractivity contribution in [3.05, 3.63) is 0 Å². The normalized spacial score (nSPS) is 12.4. The van der Waals surface area contributed by atoms with E-state index in [0.29, 0.717) is 8.61 Å². The fraction of sp³-hybridized carbons (Fsp3) is 1.00. The van der Waals surface area contributed by atoms with Crippen molar-refractivity contribution in [2.45, 2.75) is 6.10 Å². The van der Waals surface area contributed by atoms with Crippen LogP contribution in [0.15, 0.2) is 0 Å². The summed E-state index contributed by atoms with van der Waals surface area (Å²) < 4.78 is 63.1. The van der Waals surface area contributed by atoms with E-state index in [0.717, 1.165) is 14.1 Å². The number of aliphatic hydroxyl groups excluding tert-OH is 1. The molecule has 0 saturated heterocycles. The molecule has 0 amide bonds. The zero-order valence-electron chi connectivity index (χ0n) is 10.6. The van der Waals surface area contributed by atoms with Crippen LogP contribution in [0.5, 0.6) is 0 Å². The number of nitrogens with zero attached hydrogens (tertiary/aromatic N) is 2. The molecule has 1 N–H and O–H groups in total. The maximum atomic E-state index is 10.4. The Morgan fingerprint density at radius 1 is 0.944 bits per heavy atom. The monoisotopic (exact) mass is 354 g/mol. The summed E-state index contributed by atoms with van der Waals surface area (Å²) >= 11 is 0. The van der Waals surface area contributed by atoms with E-state index >= 15 is 0 Å². The van der Waals surface area contributed by atoms with Crippen molar-refractivity contribution >= 4 is 20.6 Å². The van der Waals surface area contributed by atoms with E-state index in [1.54, 1.807) is 0 Å². The van der Waals surface area contributed by atoms with E-state index in [1.807, 2.05) is 0 Å². The molecule has 0 heterocycles. The first-order valence-corrected chi connectivity index (χ1v) is 6.70. The van der Waals surface area contributed by atoms with Crippen LogP contribution in [0.3, 0.4) is 0 Å². The van der Waals surface area contributed by atoms with E-state index in [9.17, 15) is 31.0 Å². The molecule has 0 aromatic rings. The Morgan fingerprint density at radius 2 is 1.17 bits per heavy atom. The Hall–Kier alpha value is 2.97. The molecule has 0 saturated carbocycles. The van der Waals surface area contributed by atoms with E-state index in [-0.39, 0.29) is 103 Å². The van der Waals surface area contributed by atoms with Crippen LogP contribution in [-0.4, -0.2) is 72.9 Å². The molecule has 0 aliphatic heterocycles. The molecule has 0 aromatic heterocycles. The minimum Gasteiger partial charge on any atom is -0.735 e. The van der Waals surface area contributed by atoms with E-state index in [2.05, 4.69) is 0 Å². The van der Waals surface area contributed by atoms with Crippen molar-refractivity contribution in [2.75, 3.05) is 27.2 Å². The first kappa shape index (κ1) is 25.9. The summed E-state index contributed by atoms with van der Waals surface area (Å²) in [5.74, 6) is 0. The topological polar surface area (TPSA) is 141 Å². The minimum atomic E-state index is -4.69. The molecule has 0 atom stereocenters. The van der Waals surface area contributed by atoms with Gasteiger partial charge in [-0.15, -0.1) is 0 Å². The summed E-state index contributed by atoms with van der Waals surface area (Å²) in [4.78, 5) is 0. The Balaban J connectivity index is -0.00000112. The first-order chi connectivity index (χ1) is 6.94. The molecule has 0 spiro atoms. The molecule has 0 bridgehead atoms. The van der Waals surface area contributed by atoms with Crippen LogP contribution >= 0.6 is 0 Å². The van der Waals surface area contributed by atoms with Gasteiger partial charge in [0.1, 0.15) is 0 Å². The minimum absolute atomic E-state index is 0. The van der Waals surface area contributed by atoms with Crippen molar-refractivity contribution in [3.8, 4) is 0 Å². The van der Waals surface area contributed by atoms with Crippen LogP contribution in [0.25, 0.3) is 0 Å². The number of rotatable bonds is 6. The summed E-state index contributed by atoms with van der Waals surface area (Å²) in [6, 6.07) is 0. The molecule has 98 valence electrons. The van der Waals surface area contributed by atoms with Gasteiger partial charge >= 0.3 is 103 Å². The molecule has 0 fully saturated rings. The van der Waals surface area contributed by atoms with Gasteiger partial charge in [-0.25, -0.2) is 25.4 Å². The van der Waals surface area contributed by atoms with Crippen LogP contribution in [0.1, 0.15) is 0 Å². The third-order valence-electron chi connectivity index (χ3n) is 1.70. The van der Waals surface area contributed by atoms with Crippen molar-refractivity contribution < 1.29 is 134 Å². The summed E-state index contributed by atoms with van der Waals surface area (Å²) in [6.07, 6.45) is -1.46. The average Bonchev–Trinajstić information content (AvgIpc) is 1.99. The molecular formula is C5H12K2N2O7S2. The molecule has 0 aliphatic carbocycles. The zero-order valence-corrected chi connectivity index (χ0v) is 18.5. The largest absolute Gasteiger partial charge is 1.00 e. The van der Waals surface area contributed by atoms with Crippen molar-refractivity contribution in [2.24, 2.45) is 0 Å². The van der Waals surface area contributed by atoms with Gasteiger partial charge in [-0.2, -0.15) is 0 Å². The Labute approximate surface area is 192 Å². The molecule has 9 nitrogen and oxygen atoms in total. The van der Waals surface area contributed by atoms with Gasteiger partial charge < -0.3 is 14.2 Å². The number of hydrogen-bond donors (Lipinski definition) is 1. The van der Waals surface area contributed by atoms with Crippen LogP contribution in [0.2, 0.25) is 0 Å². The van der Waals surface area contributed by atoms with Crippen molar-refractivity contribution in [1.29, 1.82) is 0 Å². The van der Waals surface area contributed by atoms with Crippen LogP contribution in [0.4, 0.5) is 0 Å². The molecule has 13 heteroatoms. The Morgan fingerprint density at radius 3 is 1.33 bits per heavy atom. The van der Waals surface area contributed by atoms with Gasteiger partial charge in [0.15, 0.2) is 20.6 Å². The second kappa shape index (κ2) is 10.7. The van der Waals surface area contributed by atoms with Crippen LogP contribution < -0.4 is 103 Å². The zero-order chi connectivity index (χ0) is 13.1. The maximum Gasteiger partial charge on any atom is 1.00 e. The SMILES string of the molecule is CN(CC(O)CN(C)S(=O)(=O)[O-])S(=O)(=O)[O-].[K+].[K+]. The standard InChI is InChI=1S/C5H14N2O7S2.2K/c1-6(15(9,10)11)3-5(8)4-7(2)16(12,13)14;;/h5,8H,3-4H2,1-2H3,(H,9,10,11)(H,12,13,14);;/q;2*+1/p-2. The number of aliphatic hydroxyl groups is 1. The fourth-order valence-corrected chi connectivity index (χ4v) is 1.54. The average molecular weight is 354 g/mol. The van der Waals surface area contributed by atoms with Crippen molar-refractivity contribution in [3.63, 3.8) is 0 Å². The van der Waals surface area contributed by atoms with Gasteiger partial charge in [0.25, 0.3) is 0 Å². The second-order valence-corrected chi connectivity index (χ2v) is 6.09. The third kappa shape index (κ3) is 11.6. The number of likely N-dealkylation sites (N-methyl/N-ethyl adjacent to an activating group) is 2. The molecule has 0 radical (unpaired) electrons. The van der Waals surface area contributed by atoms with Gasteiger partial charge in [-0.1, -0.05) is 0 Å². The summed E-state index contributed by atoms with van der Waals surface area (Å²) in [5.41, 5.74) is 0. The predicted octanol–water partition coefficient (Wildman–Crippen LogP) is -8.86. The second-order valence-electron chi connectivity index (χ2n) is 3.13. The summed E-state index contributed by atoms with van der Waals surface area (Å²) in [6.45, 7) is -1.18. The smallest absolute Gasteiger partial charge is 0.735 e. The van der Waals surface area contributed by atoms with E-state index < -0.39 is 39.8 Å². The van der Waals surface area contributed by atoms with E-state index in [1.165, 1.54) is 0 Å². The quantitative estimate of drug-likeness (QED) is 0.369. The summed E-state index contributed by atoms with van der Waals surface area (Å²) in [5, 5.41) is 9.23.